The average molecular weight is 283 g/mol. The monoisotopic (exact) mass is 283 g/mol. The van der Waals surface area contributed by atoms with Crippen molar-refractivity contribution in [2.75, 3.05) is 0 Å². The summed E-state index contributed by atoms with van der Waals surface area (Å²) >= 11 is 0. The van der Waals surface area contributed by atoms with Gasteiger partial charge in [0.15, 0.2) is 5.43 Å². The van der Waals surface area contributed by atoms with Crippen molar-refractivity contribution in [2.24, 2.45) is 0 Å². The number of aryl methyl sites for hydroxylation is 1. The maximum atomic E-state index is 13.0. The first-order valence-corrected chi connectivity index (χ1v) is 5.84. The van der Waals surface area contributed by atoms with Gasteiger partial charge in [0.05, 0.1) is 17.9 Å². The van der Waals surface area contributed by atoms with Crippen molar-refractivity contribution in [3.8, 4) is 5.69 Å². The summed E-state index contributed by atoms with van der Waals surface area (Å²) in [7, 11) is 0. The van der Waals surface area contributed by atoms with Crippen molar-refractivity contribution >= 4 is 0 Å². The van der Waals surface area contributed by atoms with E-state index >= 15 is 0 Å². The van der Waals surface area contributed by atoms with Crippen LogP contribution in [0.4, 0.5) is 13.2 Å². The Kier molecular flexibility index (Phi) is 3.67. The molecule has 0 saturated heterocycles. The fourth-order valence-corrected chi connectivity index (χ4v) is 1.97. The Balaban J connectivity index is 2.72. The van der Waals surface area contributed by atoms with Crippen molar-refractivity contribution < 1.29 is 18.3 Å². The zero-order valence-corrected chi connectivity index (χ0v) is 10.6. The lowest BCUT2D eigenvalue weighted by Crippen LogP contribution is -2.17. The van der Waals surface area contributed by atoms with E-state index in [2.05, 4.69) is 0 Å². The van der Waals surface area contributed by atoms with E-state index in [1.165, 1.54) is 42.0 Å². The van der Waals surface area contributed by atoms with Crippen LogP contribution in [0.25, 0.3) is 5.69 Å². The van der Waals surface area contributed by atoms with Gasteiger partial charge in [0.2, 0.25) is 0 Å². The van der Waals surface area contributed by atoms with Crippen molar-refractivity contribution in [1.82, 2.24) is 4.57 Å². The van der Waals surface area contributed by atoms with Crippen LogP contribution in [0.2, 0.25) is 0 Å². The molecule has 0 saturated carbocycles. The third kappa shape index (κ3) is 2.60. The third-order valence-corrected chi connectivity index (χ3v) is 2.96. The van der Waals surface area contributed by atoms with E-state index in [1.54, 1.807) is 0 Å². The molecule has 0 spiro atoms. The Bertz CT molecular complexity index is 690. The molecule has 2 rings (SSSR count). The van der Waals surface area contributed by atoms with Crippen molar-refractivity contribution in [3.05, 3.63) is 63.6 Å². The summed E-state index contributed by atoms with van der Waals surface area (Å²) in [6, 6.07) is 6.30. The molecule has 1 aromatic heterocycles. The Morgan fingerprint density at radius 1 is 1.25 bits per heavy atom. The van der Waals surface area contributed by atoms with E-state index in [1.807, 2.05) is 0 Å². The van der Waals surface area contributed by atoms with Crippen LogP contribution in [0, 0.1) is 6.92 Å². The van der Waals surface area contributed by atoms with Crippen LogP contribution in [0.1, 0.15) is 16.8 Å². The number of halogens is 3. The molecule has 0 aliphatic heterocycles. The highest BCUT2D eigenvalue weighted by Gasteiger charge is 2.33. The van der Waals surface area contributed by atoms with Gasteiger partial charge in [-0.1, -0.05) is 12.1 Å². The number of aromatic nitrogens is 1. The molecule has 106 valence electrons. The lowest BCUT2D eigenvalue weighted by Gasteiger charge is -2.17. The van der Waals surface area contributed by atoms with E-state index in [0.29, 0.717) is 5.69 Å². The zero-order chi connectivity index (χ0) is 14.9. The summed E-state index contributed by atoms with van der Waals surface area (Å²) in [6.07, 6.45) is -3.26. The highest BCUT2D eigenvalue weighted by atomic mass is 19.4. The first kappa shape index (κ1) is 14.3. The van der Waals surface area contributed by atoms with Gasteiger partial charge in [-0.2, -0.15) is 13.2 Å². The molecule has 1 aromatic carbocycles. The van der Waals surface area contributed by atoms with Gasteiger partial charge in [-0.25, -0.2) is 0 Å². The fraction of sp³-hybridized carbons (Fsp3) is 0.214. The molecule has 0 fully saturated rings. The largest absolute Gasteiger partial charge is 0.418 e. The van der Waals surface area contributed by atoms with Gasteiger partial charge in [-0.15, -0.1) is 0 Å². The molecule has 0 atom stereocenters. The molecule has 1 heterocycles. The number of aliphatic hydroxyl groups excluding tert-OH is 1. The molecule has 0 amide bonds. The first-order valence-electron chi connectivity index (χ1n) is 5.84. The maximum absolute atomic E-state index is 13.0. The second kappa shape index (κ2) is 5.13. The van der Waals surface area contributed by atoms with Gasteiger partial charge in [0.25, 0.3) is 0 Å². The predicted octanol–water partition coefficient (Wildman–Crippen LogP) is 2.66. The van der Waals surface area contributed by atoms with Crippen LogP contribution >= 0.6 is 0 Å². The Morgan fingerprint density at radius 2 is 1.90 bits per heavy atom. The highest BCUT2D eigenvalue weighted by Crippen LogP contribution is 2.33. The molecule has 0 aliphatic rings. The Morgan fingerprint density at radius 3 is 2.50 bits per heavy atom. The minimum absolute atomic E-state index is 0.0487. The molecule has 0 radical (unpaired) electrons. The van der Waals surface area contributed by atoms with Crippen LogP contribution in [-0.4, -0.2) is 9.67 Å². The summed E-state index contributed by atoms with van der Waals surface area (Å²) in [6.45, 7) is 1.02. The Labute approximate surface area is 112 Å². The van der Waals surface area contributed by atoms with Gasteiger partial charge >= 0.3 is 6.18 Å². The SMILES string of the molecule is Cc1cc(=O)c(CO)cn1-c1ccccc1C(F)(F)F. The number of alkyl halides is 3. The van der Waals surface area contributed by atoms with E-state index in [9.17, 15) is 18.0 Å². The summed E-state index contributed by atoms with van der Waals surface area (Å²) in [5, 5.41) is 9.07. The van der Waals surface area contributed by atoms with Crippen molar-refractivity contribution in [1.29, 1.82) is 0 Å². The molecule has 2 aromatic rings. The summed E-state index contributed by atoms with van der Waals surface area (Å²) < 4.78 is 40.3. The molecule has 0 bridgehead atoms. The van der Waals surface area contributed by atoms with E-state index in [-0.39, 0.29) is 11.3 Å². The zero-order valence-electron chi connectivity index (χ0n) is 10.6. The number of pyridine rings is 1. The van der Waals surface area contributed by atoms with Gasteiger partial charge in [-0.3, -0.25) is 4.79 Å². The van der Waals surface area contributed by atoms with Gasteiger partial charge in [0, 0.05) is 23.5 Å². The van der Waals surface area contributed by atoms with Crippen molar-refractivity contribution in [3.63, 3.8) is 0 Å². The van der Waals surface area contributed by atoms with Gasteiger partial charge in [0.1, 0.15) is 0 Å². The van der Waals surface area contributed by atoms with E-state index < -0.39 is 23.8 Å². The number of hydrogen-bond acceptors (Lipinski definition) is 2. The predicted molar refractivity (Wildman–Crippen MR) is 67.7 cm³/mol. The minimum atomic E-state index is -4.49. The third-order valence-electron chi connectivity index (χ3n) is 2.96. The summed E-state index contributed by atoms with van der Waals surface area (Å²) in [5.41, 5.74) is -0.856. The molecular weight excluding hydrogens is 271 g/mol. The van der Waals surface area contributed by atoms with Crippen molar-refractivity contribution in [2.45, 2.75) is 19.7 Å². The molecule has 1 N–H and O–H groups in total. The van der Waals surface area contributed by atoms with Gasteiger partial charge in [-0.05, 0) is 19.1 Å². The van der Waals surface area contributed by atoms with Crippen LogP contribution in [-0.2, 0) is 12.8 Å². The van der Waals surface area contributed by atoms with Gasteiger partial charge < -0.3 is 9.67 Å². The second-order valence-corrected chi connectivity index (χ2v) is 4.35. The molecular formula is C14H12F3NO2. The fourth-order valence-electron chi connectivity index (χ4n) is 1.97. The summed E-state index contributed by atoms with van der Waals surface area (Å²) in [4.78, 5) is 11.5. The smallest absolute Gasteiger partial charge is 0.391 e. The summed E-state index contributed by atoms with van der Waals surface area (Å²) in [5.74, 6) is 0. The Hall–Kier alpha value is -2.08. The minimum Gasteiger partial charge on any atom is -0.391 e. The highest BCUT2D eigenvalue weighted by molar-refractivity contribution is 5.44. The van der Waals surface area contributed by atoms with E-state index in [0.717, 1.165) is 6.07 Å². The van der Waals surface area contributed by atoms with Crippen LogP contribution in [0.3, 0.4) is 0 Å². The number of benzene rings is 1. The lowest BCUT2D eigenvalue weighted by atomic mass is 10.1. The number of aliphatic hydroxyl groups is 1. The molecule has 3 nitrogen and oxygen atoms in total. The first-order chi connectivity index (χ1) is 9.34. The van der Waals surface area contributed by atoms with Crippen LogP contribution < -0.4 is 5.43 Å². The number of hydrogen-bond donors (Lipinski definition) is 1. The second-order valence-electron chi connectivity index (χ2n) is 4.35. The topological polar surface area (TPSA) is 42.2 Å². The lowest BCUT2D eigenvalue weighted by molar-refractivity contribution is -0.137. The molecule has 20 heavy (non-hydrogen) atoms. The number of nitrogens with zero attached hydrogens (tertiary/aromatic N) is 1. The molecule has 0 aliphatic carbocycles. The average Bonchev–Trinajstić information content (AvgIpc) is 2.38. The van der Waals surface area contributed by atoms with E-state index in [4.69, 9.17) is 5.11 Å². The van der Waals surface area contributed by atoms with Crippen LogP contribution in [0.5, 0.6) is 0 Å². The molecule has 0 unspecified atom stereocenters. The quantitative estimate of drug-likeness (QED) is 0.920. The normalized spacial score (nSPS) is 11.7. The maximum Gasteiger partial charge on any atom is 0.418 e. The van der Waals surface area contributed by atoms with Crippen LogP contribution in [0.15, 0.2) is 41.3 Å². The standard InChI is InChI=1S/C14H12F3NO2/c1-9-6-13(20)10(8-19)7-18(9)12-5-3-2-4-11(12)14(15,16)17/h2-7,19H,8H2,1H3. The number of rotatable bonds is 2. The number of para-hydroxylation sites is 1. The molecule has 6 heteroatoms.